The van der Waals surface area contributed by atoms with E-state index >= 15 is 0 Å². The molecule has 0 fully saturated rings. The fourth-order valence-corrected chi connectivity index (χ4v) is 4.19. The fraction of sp³-hybridized carbons (Fsp3) is 0.278. The summed E-state index contributed by atoms with van der Waals surface area (Å²) in [6, 6.07) is 10.2. The van der Waals surface area contributed by atoms with E-state index < -0.39 is 22.0 Å². The zero-order chi connectivity index (χ0) is 20.9. The maximum absolute atomic E-state index is 12.5. The van der Waals surface area contributed by atoms with Crippen molar-refractivity contribution in [3.8, 4) is 5.75 Å². The summed E-state index contributed by atoms with van der Waals surface area (Å²) < 4.78 is 31.0. The molecule has 152 valence electrons. The molecule has 0 unspecified atom stereocenters. The molecule has 6 nitrogen and oxygen atoms in total. The molecule has 2 rings (SSSR count). The molecule has 1 atom stereocenters. The monoisotopic (exact) mass is 464 g/mol. The summed E-state index contributed by atoms with van der Waals surface area (Å²) in [6.07, 6.45) is 0.998. The molecule has 0 radical (unpaired) electrons. The van der Waals surface area contributed by atoms with E-state index in [1.807, 2.05) is 0 Å². The topological polar surface area (TPSA) is 75.7 Å². The Hall–Kier alpha value is -1.67. The Morgan fingerprint density at radius 3 is 2.32 bits per heavy atom. The van der Waals surface area contributed by atoms with Crippen LogP contribution < -0.4 is 14.4 Å². The van der Waals surface area contributed by atoms with Crippen molar-refractivity contribution < 1.29 is 17.9 Å². The SMILES string of the molecule is C[C@@H](C(=O)NCCOc1ccc(Cl)cc1)N(c1cc(Cl)ccc1Cl)S(C)(=O)=O. The first-order chi connectivity index (χ1) is 13.1. The first-order valence-electron chi connectivity index (χ1n) is 8.20. The van der Waals surface area contributed by atoms with Gasteiger partial charge in [-0.1, -0.05) is 34.8 Å². The van der Waals surface area contributed by atoms with Crippen LogP contribution in [0.25, 0.3) is 0 Å². The summed E-state index contributed by atoms with van der Waals surface area (Å²) in [5, 5.41) is 3.71. The first kappa shape index (κ1) is 22.6. The quantitative estimate of drug-likeness (QED) is 0.598. The number of ether oxygens (including phenoxy) is 1. The Bertz CT molecular complexity index is 936. The lowest BCUT2D eigenvalue weighted by atomic mass is 10.2. The van der Waals surface area contributed by atoms with Gasteiger partial charge in [0.05, 0.1) is 23.5 Å². The standard InChI is InChI=1S/C18H19Cl3N2O4S/c1-12(18(24)22-9-10-27-15-6-3-13(19)4-7-15)23(28(2,25)26)17-11-14(20)5-8-16(17)21/h3-8,11-12H,9-10H2,1-2H3,(H,22,24)/t12-/m0/s1. The maximum atomic E-state index is 12.5. The molecule has 0 aliphatic rings. The summed E-state index contributed by atoms with van der Waals surface area (Å²) >= 11 is 17.9. The number of rotatable bonds is 8. The van der Waals surface area contributed by atoms with E-state index in [4.69, 9.17) is 39.5 Å². The molecule has 2 aromatic rings. The van der Waals surface area contributed by atoms with Gasteiger partial charge >= 0.3 is 0 Å². The normalized spacial score (nSPS) is 12.3. The third-order valence-corrected chi connectivity index (χ3v) is 5.75. The molecule has 0 saturated heterocycles. The van der Waals surface area contributed by atoms with Crippen molar-refractivity contribution in [1.82, 2.24) is 5.32 Å². The minimum absolute atomic E-state index is 0.136. The number of carbonyl (C=O) groups is 1. The molecule has 0 saturated carbocycles. The highest BCUT2D eigenvalue weighted by Crippen LogP contribution is 2.32. The Morgan fingerprint density at radius 2 is 1.71 bits per heavy atom. The highest BCUT2D eigenvalue weighted by molar-refractivity contribution is 7.92. The lowest BCUT2D eigenvalue weighted by Crippen LogP contribution is -2.48. The minimum atomic E-state index is -3.79. The van der Waals surface area contributed by atoms with Gasteiger partial charge in [0, 0.05) is 10.0 Å². The van der Waals surface area contributed by atoms with Crippen molar-refractivity contribution in [2.45, 2.75) is 13.0 Å². The molecule has 0 heterocycles. The maximum Gasteiger partial charge on any atom is 0.243 e. The van der Waals surface area contributed by atoms with E-state index in [9.17, 15) is 13.2 Å². The highest BCUT2D eigenvalue weighted by Gasteiger charge is 2.30. The van der Waals surface area contributed by atoms with Crippen molar-refractivity contribution in [3.05, 3.63) is 57.5 Å². The summed E-state index contributed by atoms with van der Waals surface area (Å²) in [7, 11) is -3.79. The third kappa shape index (κ3) is 6.17. The number of sulfonamides is 1. The van der Waals surface area contributed by atoms with Gasteiger partial charge < -0.3 is 10.1 Å². The number of hydrogen-bond acceptors (Lipinski definition) is 4. The molecular formula is C18H19Cl3N2O4S. The van der Waals surface area contributed by atoms with Crippen LogP contribution in [0.15, 0.2) is 42.5 Å². The number of carbonyl (C=O) groups excluding carboxylic acids is 1. The van der Waals surface area contributed by atoms with E-state index in [0.29, 0.717) is 15.8 Å². The fourth-order valence-electron chi connectivity index (χ4n) is 2.46. The van der Waals surface area contributed by atoms with Crippen LogP contribution >= 0.6 is 34.8 Å². The predicted molar refractivity (Wildman–Crippen MR) is 113 cm³/mol. The summed E-state index contributed by atoms with van der Waals surface area (Å²) in [6.45, 7) is 1.86. The molecule has 28 heavy (non-hydrogen) atoms. The van der Waals surface area contributed by atoms with Gasteiger partial charge in [0.25, 0.3) is 0 Å². The molecule has 2 aromatic carbocycles. The average Bonchev–Trinajstić information content (AvgIpc) is 2.62. The minimum Gasteiger partial charge on any atom is -0.492 e. The second kappa shape index (κ2) is 9.69. The molecule has 0 spiro atoms. The lowest BCUT2D eigenvalue weighted by Gasteiger charge is -2.29. The second-order valence-electron chi connectivity index (χ2n) is 5.92. The predicted octanol–water partition coefficient (Wildman–Crippen LogP) is 4.00. The van der Waals surface area contributed by atoms with Gasteiger partial charge in [-0.05, 0) is 49.4 Å². The number of halogens is 3. The van der Waals surface area contributed by atoms with Crippen LogP contribution in [0.3, 0.4) is 0 Å². The molecule has 0 aliphatic heterocycles. The lowest BCUT2D eigenvalue weighted by molar-refractivity contribution is -0.121. The summed E-state index contributed by atoms with van der Waals surface area (Å²) in [5.74, 6) is 0.108. The van der Waals surface area contributed by atoms with Crippen LogP contribution in [0.1, 0.15) is 6.92 Å². The third-order valence-electron chi connectivity index (χ3n) is 3.72. The van der Waals surface area contributed by atoms with Gasteiger partial charge in [0.2, 0.25) is 15.9 Å². The number of nitrogens with one attached hydrogen (secondary N) is 1. The Kier molecular flexibility index (Phi) is 7.83. The second-order valence-corrected chi connectivity index (χ2v) is 9.06. The van der Waals surface area contributed by atoms with E-state index in [1.165, 1.54) is 25.1 Å². The van der Waals surface area contributed by atoms with Crippen LogP contribution in [0, 0.1) is 0 Å². The van der Waals surface area contributed by atoms with E-state index in [2.05, 4.69) is 5.32 Å². The molecule has 1 amide bonds. The molecule has 0 aromatic heterocycles. The summed E-state index contributed by atoms with van der Waals surface area (Å²) in [5.41, 5.74) is 0.136. The zero-order valence-electron chi connectivity index (χ0n) is 15.2. The Morgan fingerprint density at radius 1 is 1.11 bits per heavy atom. The van der Waals surface area contributed by atoms with Crippen LogP contribution in [0.4, 0.5) is 5.69 Å². The van der Waals surface area contributed by atoms with Crippen LogP contribution in [-0.4, -0.2) is 39.8 Å². The van der Waals surface area contributed by atoms with E-state index in [1.54, 1.807) is 24.3 Å². The first-order valence-corrected chi connectivity index (χ1v) is 11.2. The molecule has 0 aliphatic carbocycles. The number of amides is 1. The van der Waals surface area contributed by atoms with Gasteiger partial charge in [-0.2, -0.15) is 0 Å². The Labute approximate surface area is 179 Å². The summed E-state index contributed by atoms with van der Waals surface area (Å²) in [4.78, 5) is 12.5. The van der Waals surface area contributed by atoms with Crippen LogP contribution in [0.2, 0.25) is 15.1 Å². The highest BCUT2D eigenvalue weighted by atomic mass is 35.5. The largest absolute Gasteiger partial charge is 0.492 e. The Balaban J connectivity index is 2.03. The van der Waals surface area contributed by atoms with E-state index in [0.717, 1.165) is 10.6 Å². The van der Waals surface area contributed by atoms with Gasteiger partial charge in [-0.3, -0.25) is 9.10 Å². The number of anilines is 1. The van der Waals surface area contributed by atoms with Crippen molar-refractivity contribution in [3.63, 3.8) is 0 Å². The van der Waals surface area contributed by atoms with Crippen molar-refractivity contribution in [1.29, 1.82) is 0 Å². The molecule has 1 N–H and O–H groups in total. The van der Waals surface area contributed by atoms with Crippen LogP contribution in [0.5, 0.6) is 5.75 Å². The van der Waals surface area contributed by atoms with Crippen molar-refractivity contribution in [2.75, 3.05) is 23.7 Å². The molecule has 0 bridgehead atoms. The van der Waals surface area contributed by atoms with Crippen molar-refractivity contribution >= 4 is 56.4 Å². The van der Waals surface area contributed by atoms with Crippen molar-refractivity contribution in [2.24, 2.45) is 0 Å². The van der Waals surface area contributed by atoms with Gasteiger partial charge in [0.15, 0.2) is 0 Å². The van der Waals surface area contributed by atoms with Gasteiger partial charge in [-0.15, -0.1) is 0 Å². The average molecular weight is 466 g/mol. The van der Waals surface area contributed by atoms with Crippen LogP contribution in [-0.2, 0) is 14.8 Å². The number of benzene rings is 2. The molecule has 10 heteroatoms. The number of nitrogens with zero attached hydrogens (tertiary/aromatic N) is 1. The number of hydrogen-bond donors (Lipinski definition) is 1. The smallest absolute Gasteiger partial charge is 0.243 e. The van der Waals surface area contributed by atoms with Gasteiger partial charge in [-0.25, -0.2) is 8.42 Å². The van der Waals surface area contributed by atoms with E-state index in [-0.39, 0.29) is 23.9 Å². The molecular weight excluding hydrogens is 447 g/mol. The zero-order valence-corrected chi connectivity index (χ0v) is 18.2. The van der Waals surface area contributed by atoms with Gasteiger partial charge in [0.1, 0.15) is 18.4 Å².